The van der Waals surface area contributed by atoms with Gasteiger partial charge in [-0.3, -0.25) is 4.79 Å². The number of rotatable bonds is 6. The number of hydrogen-bond acceptors (Lipinski definition) is 1. The highest BCUT2D eigenvalue weighted by molar-refractivity contribution is 6.42. The van der Waals surface area contributed by atoms with Gasteiger partial charge >= 0.3 is 0 Å². The smallest absolute Gasteiger partial charge is 0.244 e. The molecule has 5 heteroatoms. The Labute approximate surface area is 152 Å². The predicted octanol–water partition coefficient (Wildman–Crippen LogP) is 5.45. The number of hydrogen-bond donors (Lipinski definition) is 1. The number of alkyl halides is 1. The minimum absolute atomic E-state index is 0.0211. The molecule has 0 heterocycles. The zero-order chi connectivity index (χ0) is 18.1. The number of carbonyl (C=O) groups is 1. The normalized spacial score (nSPS) is 25.3. The fourth-order valence-corrected chi connectivity index (χ4v) is 3.00. The van der Waals surface area contributed by atoms with Crippen molar-refractivity contribution < 1.29 is 9.18 Å². The van der Waals surface area contributed by atoms with Crippen molar-refractivity contribution in [3.05, 3.63) is 57.6 Å². The molecule has 3 unspecified atom stereocenters. The van der Waals surface area contributed by atoms with Gasteiger partial charge in [0, 0.05) is 11.5 Å². The average Bonchev–Trinajstić information content (AvgIpc) is 3.17. The molecule has 0 radical (unpaired) electrons. The van der Waals surface area contributed by atoms with E-state index in [9.17, 15) is 9.18 Å². The van der Waals surface area contributed by atoms with E-state index in [1.807, 2.05) is 20.8 Å². The zero-order valence-electron chi connectivity index (χ0n) is 14.0. The van der Waals surface area contributed by atoms with Gasteiger partial charge in [-0.05, 0) is 42.0 Å². The van der Waals surface area contributed by atoms with E-state index < -0.39 is 11.6 Å². The molecule has 1 aliphatic carbocycles. The molecule has 1 amide bonds. The summed E-state index contributed by atoms with van der Waals surface area (Å²) in [6.45, 7) is 5.97. The maximum Gasteiger partial charge on any atom is 0.244 e. The summed E-state index contributed by atoms with van der Waals surface area (Å²) in [5.41, 5.74) is 5.34. The highest BCUT2D eigenvalue weighted by atomic mass is 35.5. The summed E-state index contributed by atoms with van der Waals surface area (Å²) in [5, 5.41) is 0.881. The number of primary amides is 1. The van der Waals surface area contributed by atoms with Crippen LogP contribution in [0.2, 0.25) is 10.0 Å². The maximum absolute atomic E-state index is 14.8. The van der Waals surface area contributed by atoms with Crippen LogP contribution in [0.15, 0.2) is 42.0 Å². The average molecular weight is 370 g/mol. The Balaban J connectivity index is 2.13. The second-order valence-electron chi connectivity index (χ2n) is 6.74. The second-order valence-corrected chi connectivity index (χ2v) is 7.55. The van der Waals surface area contributed by atoms with Gasteiger partial charge in [0.15, 0.2) is 0 Å². The minimum Gasteiger partial charge on any atom is -0.366 e. The Kier molecular flexibility index (Phi) is 5.77. The van der Waals surface area contributed by atoms with E-state index in [1.54, 1.807) is 30.4 Å². The monoisotopic (exact) mass is 369 g/mol. The van der Waals surface area contributed by atoms with E-state index >= 15 is 0 Å². The van der Waals surface area contributed by atoms with Crippen LogP contribution in [0, 0.1) is 11.8 Å². The van der Waals surface area contributed by atoms with Crippen LogP contribution < -0.4 is 5.73 Å². The molecule has 0 saturated heterocycles. The number of benzene rings is 1. The molecule has 2 rings (SSSR count). The summed E-state index contributed by atoms with van der Waals surface area (Å²) in [6.07, 6.45) is 5.10. The molecule has 0 spiro atoms. The van der Waals surface area contributed by atoms with E-state index in [1.165, 1.54) is 6.08 Å². The third-order valence-corrected chi connectivity index (χ3v) is 5.45. The van der Waals surface area contributed by atoms with E-state index in [-0.39, 0.29) is 17.8 Å². The molecule has 24 heavy (non-hydrogen) atoms. The first-order valence-corrected chi connectivity index (χ1v) is 8.74. The topological polar surface area (TPSA) is 43.1 Å². The molecular weight excluding hydrogens is 348 g/mol. The van der Waals surface area contributed by atoms with Crippen LogP contribution in [0.25, 0.3) is 0 Å². The molecule has 1 aliphatic rings. The highest BCUT2D eigenvalue weighted by Crippen LogP contribution is 2.56. The van der Waals surface area contributed by atoms with Gasteiger partial charge in [-0.15, -0.1) is 0 Å². The van der Waals surface area contributed by atoms with Crippen molar-refractivity contribution in [1.82, 2.24) is 0 Å². The van der Waals surface area contributed by atoms with Crippen LogP contribution in [0.5, 0.6) is 0 Å². The third kappa shape index (κ3) is 4.20. The van der Waals surface area contributed by atoms with Crippen molar-refractivity contribution in [2.75, 3.05) is 0 Å². The number of nitrogens with two attached hydrogens (primary N) is 1. The summed E-state index contributed by atoms with van der Waals surface area (Å²) >= 11 is 11.9. The largest absolute Gasteiger partial charge is 0.366 e. The van der Waals surface area contributed by atoms with Crippen molar-refractivity contribution in [2.24, 2.45) is 17.6 Å². The summed E-state index contributed by atoms with van der Waals surface area (Å²) in [6, 6.07) is 5.17. The van der Waals surface area contributed by atoms with Crippen molar-refractivity contribution in [1.29, 1.82) is 0 Å². The molecule has 2 N–H and O–H groups in total. The van der Waals surface area contributed by atoms with Gasteiger partial charge in [0.2, 0.25) is 5.91 Å². The predicted molar refractivity (Wildman–Crippen MR) is 98.1 cm³/mol. The second kappa shape index (κ2) is 7.28. The molecule has 1 fully saturated rings. The lowest BCUT2D eigenvalue weighted by Crippen LogP contribution is -2.22. The Morgan fingerprint density at radius 1 is 1.33 bits per heavy atom. The molecule has 3 atom stereocenters. The molecule has 130 valence electrons. The van der Waals surface area contributed by atoms with E-state index in [4.69, 9.17) is 28.9 Å². The lowest BCUT2D eigenvalue weighted by molar-refractivity contribution is -0.115. The fraction of sp³-hybridized carbons (Fsp3) is 0.421. The van der Waals surface area contributed by atoms with Gasteiger partial charge in [-0.25, -0.2) is 4.39 Å². The van der Waals surface area contributed by atoms with Gasteiger partial charge in [0.1, 0.15) is 5.67 Å². The number of carbonyl (C=O) groups excluding carboxylic acids is 1. The highest BCUT2D eigenvalue weighted by Gasteiger charge is 2.54. The van der Waals surface area contributed by atoms with Crippen LogP contribution in [-0.2, 0) is 4.79 Å². The van der Waals surface area contributed by atoms with Crippen molar-refractivity contribution in [3.8, 4) is 0 Å². The molecule has 0 aromatic heterocycles. The summed E-state index contributed by atoms with van der Waals surface area (Å²) in [7, 11) is 0. The van der Waals surface area contributed by atoms with E-state index in [0.29, 0.717) is 22.0 Å². The van der Waals surface area contributed by atoms with Crippen molar-refractivity contribution in [3.63, 3.8) is 0 Å². The summed E-state index contributed by atoms with van der Waals surface area (Å²) in [4.78, 5) is 11.6. The van der Waals surface area contributed by atoms with Crippen molar-refractivity contribution >= 4 is 29.1 Å². The van der Waals surface area contributed by atoms with Gasteiger partial charge < -0.3 is 5.73 Å². The number of amides is 1. The summed E-state index contributed by atoms with van der Waals surface area (Å²) < 4.78 is 14.8. The van der Waals surface area contributed by atoms with Crippen molar-refractivity contribution in [2.45, 2.75) is 38.8 Å². The number of allylic oxidation sites excluding steroid dienone is 3. The third-order valence-electron chi connectivity index (χ3n) is 4.71. The summed E-state index contributed by atoms with van der Waals surface area (Å²) in [5.74, 6) is -0.406. The Hall–Kier alpha value is -1.32. The fourth-order valence-electron chi connectivity index (χ4n) is 2.69. The quantitative estimate of drug-likeness (QED) is 0.525. The molecule has 0 aliphatic heterocycles. The van der Waals surface area contributed by atoms with Gasteiger partial charge in [0.25, 0.3) is 0 Å². The zero-order valence-corrected chi connectivity index (χ0v) is 15.5. The maximum atomic E-state index is 14.8. The van der Waals surface area contributed by atoms with Crippen LogP contribution in [0.4, 0.5) is 4.39 Å². The molecule has 1 aromatic rings. The number of halogens is 3. The lowest BCUT2D eigenvalue weighted by atomic mass is 9.89. The van der Waals surface area contributed by atoms with Gasteiger partial charge in [0.05, 0.1) is 10.0 Å². The first-order valence-electron chi connectivity index (χ1n) is 7.99. The van der Waals surface area contributed by atoms with Crippen LogP contribution in [0.1, 0.15) is 38.7 Å². The van der Waals surface area contributed by atoms with Gasteiger partial charge in [-0.1, -0.05) is 62.2 Å². The first kappa shape index (κ1) is 19.0. The van der Waals surface area contributed by atoms with Crippen LogP contribution in [-0.4, -0.2) is 11.6 Å². The first-order chi connectivity index (χ1) is 11.2. The Morgan fingerprint density at radius 2 is 2.00 bits per heavy atom. The molecule has 2 nitrogen and oxygen atoms in total. The van der Waals surface area contributed by atoms with E-state index in [2.05, 4.69) is 0 Å². The minimum atomic E-state index is -1.42. The molecule has 1 aromatic carbocycles. The SMILES string of the molecule is CC(C)C(C)/C(=C\C=C\C1(F)CC1c1ccc(Cl)c(Cl)c1)C(N)=O. The van der Waals surface area contributed by atoms with Gasteiger partial charge in [-0.2, -0.15) is 0 Å². The standard InChI is InChI=1S/C19H22Cl2FNO/c1-11(2)12(3)14(18(23)24)5-4-8-19(22)10-15(19)13-6-7-16(20)17(21)9-13/h4-9,11-12,15H,10H2,1-3H3,(H2,23,24)/b8-4+,14-5+. The lowest BCUT2D eigenvalue weighted by Gasteiger charge is -2.16. The Bertz CT molecular complexity index is 699. The van der Waals surface area contributed by atoms with Crippen LogP contribution in [0.3, 0.4) is 0 Å². The molecular formula is C19H22Cl2FNO. The Morgan fingerprint density at radius 3 is 2.54 bits per heavy atom. The van der Waals surface area contributed by atoms with Crippen LogP contribution >= 0.6 is 23.2 Å². The molecule has 0 bridgehead atoms. The van der Waals surface area contributed by atoms with E-state index in [0.717, 1.165) is 5.56 Å². The molecule has 1 saturated carbocycles.